The van der Waals surface area contributed by atoms with Gasteiger partial charge in [0.2, 0.25) is 5.91 Å². The number of imide groups is 1. The molecule has 0 N–H and O–H groups in total. The molecule has 0 spiro atoms. The molecule has 3 rings (SSSR count). The molecule has 0 saturated carbocycles. The number of unbranched alkanes of at least 4 members (excludes halogenated alkanes) is 5. The third-order valence-electron chi connectivity index (χ3n) is 8.03. The van der Waals surface area contributed by atoms with Crippen LogP contribution in [0.25, 0.3) is 0 Å². The van der Waals surface area contributed by atoms with E-state index >= 15 is 0 Å². The molecule has 45 heavy (non-hydrogen) atoms. The standard InChI is InChI=1S/C32H43F3N4O6/c1-24-27(31(42)39(30(24)41)26-11-10-25(22-36)28(21-26)32(33,34)35)9-7-5-3-4-6-8-12-37-13-15-38(16-14-37)29(40)23-45-20-19-44-18-17-43-2/h10-11,21H,3-9,12-20,23H2,1-2H3. The molecule has 1 fully saturated rings. The van der Waals surface area contributed by atoms with Crippen LogP contribution in [0.3, 0.4) is 0 Å². The van der Waals surface area contributed by atoms with E-state index in [1.807, 2.05) is 4.90 Å². The Balaban J connectivity index is 1.28. The summed E-state index contributed by atoms with van der Waals surface area (Å²) in [5.74, 6) is -1.24. The fourth-order valence-corrected chi connectivity index (χ4v) is 5.39. The Hall–Kier alpha value is -3.31. The van der Waals surface area contributed by atoms with Gasteiger partial charge in [-0.05, 0) is 50.9 Å². The van der Waals surface area contributed by atoms with Crippen molar-refractivity contribution in [3.05, 3.63) is 40.5 Å². The number of carbonyl (C=O) groups is 3. The summed E-state index contributed by atoms with van der Waals surface area (Å²) in [5.41, 5.74) is -1.36. The molecule has 2 heterocycles. The van der Waals surface area contributed by atoms with Gasteiger partial charge in [-0.25, -0.2) is 4.90 Å². The Morgan fingerprint density at radius 2 is 1.56 bits per heavy atom. The van der Waals surface area contributed by atoms with E-state index in [-0.39, 0.29) is 23.8 Å². The van der Waals surface area contributed by atoms with Crippen molar-refractivity contribution in [2.24, 2.45) is 0 Å². The number of benzene rings is 1. The third-order valence-corrected chi connectivity index (χ3v) is 8.03. The molecule has 10 nitrogen and oxygen atoms in total. The molecule has 2 aliphatic rings. The molecule has 13 heteroatoms. The van der Waals surface area contributed by atoms with E-state index in [1.165, 1.54) is 19.1 Å². The Morgan fingerprint density at radius 3 is 2.22 bits per heavy atom. The molecule has 0 bridgehead atoms. The van der Waals surface area contributed by atoms with Crippen LogP contribution in [-0.4, -0.2) is 100 Å². The topological polar surface area (TPSA) is 112 Å². The second-order valence-corrected chi connectivity index (χ2v) is 11.1. The van der Waals surface area contributed by atoms with E-state index in [4.69, 9.17) is 19.5 Å². The lowest BCUT2D eigenvalue weighted by atomic mass is 10.0. The zero-order valence-electron chi connectivity index (χ0n) is 26.1. The van der Waals surface area contributed by atoms with Crippen molar-refractivity contribution in [3.8, 4) is 6.07 Å². The predicted octanol–water partition coefficient (Wildman–Crippen LogP) is 4.32. The number of nitrogens with zero attached hydrogens (tertiary/aromatic N) is 4. The van der Waals surface area contributed by atoms with Crippen LogP contribution in [0.15, 0.2) is 29.3 Å². The first-order valence-corrected chi connectivity index (χ1v) is 15.4. The Labute approximate surface area is 262 Å². The molecule has 0 unspecified atom stereocenters. The minimum Gasteiger partial charge on any atom is -0.382 e. The Morgan fingerprint density at radius 1 is 0.911 bits per heavy atom. The highest BCUT2D eigenvalue weighted by molar-refractivity contribution is 6.32. The van der Waals surface area contributed by atoms with E-state index in [2.05, 4.69) is 4.90 Å². The summed E-state index contributed by atoms with van der Waals surface area (Å²) in [6.07, 6.45) is 1.28. The molecule has 3 amide bonds. The molecule has 248 valence electrons. The number of halogens is 3. The van der Waals surface area contributed by atoms with Gasteiger partial charge in [-0.2, -0.15) is 18.4 Å². The lowest BCUT2D eigenvalue weighted by Crippen LogP contribution is -2.49. The first kappa shape index (κ1) is 36.2. The van der Waals surface area contributed by atoms with Crippen molar-refractivity contribution < 1.29 is 41.8 Å². The van der Waals surface area contributed by atoms with Crippen LogP contribution >= 0.6 is 0 Å². The van der Waals surface area contributed by atoms with Crippen molar-refractivity contribution in [2.75, 3.05) is 77.8 Å². The number of anilines is 1. The van der Waals surface area contributed by atoms with Gasteiger partial charge in [-0.1, -0.05) is 25.7 Å². The van der Waals surface area contributed by atoms with Gasteiger partial charge in [0.05, 0.1) is 49.3 Å². The average Bonchev–Trinajstić information content (AvgIpc) is 3.23. The fraction of sp³-hybridized carbons (Fsp3) is 0.625. The van der Waals surface area contributed by atoms with Gasteiger partial charge >= 0.3 is 6.18 Å². The van der Waals surface area contributed by atoms with E-state index in [1.54, 1.807) is 7.11 Å². The number of hydrogen-bond donors (Lipinski definition) is 0. The van der Waals surface area contributed by atoms with Gasteiger partial charge in [0, 0.05) is 44.4 Å². The summed E-state index contributed by atoms with van der Waals surface area (Å²) >= 11 is 0. The highest BCUT2D eigenvalue weighted by Gasteiger charge is 2.39. The van der Waals surface area contributed by atoms with Crippen LogP contribution in [-0.2, 0) is 34.8 Å². The molecule has 1 aromatic rings. The number of methoxy groups -OCH3 is 1. The maximum absolute atomic E-state index is 13.4. The minimum absolute atomic E-state index is 0.00118. The van der Waals surface area contributed by atoms with Gasteiger partial charge in [0.15, 0.2) is 0 Å². The largest absolute Gasteiger partial charge is 0.417 e. The van der Waals surface area contributed by atoms with Crippen molar-refractivity contribution in [3.63, 3.8) is 0 Å². The average molecular weight is 637 g/mol. The maximum atomic E-state index is 13.4. The Kier molecular flexibility index (Phi) is 14.5. The van der Waals surface area contributed by atoms with E-state index in [0.717, 1.165) is 62.7 Å². The number of nitriles is 1. The van der Waals surface area contributed by atoms with Gasteiger partial charge in [0.1, 0.15) is 6.61 Å². The van der Waals surface area contributed by atoms with E-state index in [0.29, 0.717) is 64.0 Å². The van der Waals surface area contributed by atoms with Crippen molar-refractivity contribution >= 4 is 23.4 Å². The summed E-state index contributed by atoms with van der Waals surface area (Å²) in [5, 5.41) is 9.02. The predicted molar refractivity (Wildman–Crippen MR) is 160 cm³/mol. The summed E-state index contributed by atoms with van der Waals surface area (Å²) in [6.45, 7) is 7.45. The zero-order valence-corrected chi connectivity index (χ0v) is 26.1. The van der Waals surface area contributed by atoms with Crippen molar-refractivity contribution in [1.29, 1.82) is 5.26 Å². The number of ether oxygens (including phenoxy) is 3. The SMILES string of the molecule is COCCOCCOCC(=O)N1CCN(CCCCCCCCC2=C(C)C(=O)N(c3ccc(C#N)c(C(F)(F)F)c3)C2=O)CC1. The van der Waals surface area contributed by atoms with Crippen LogP contribution in [0, 0.1) is 11.3 Å². The molecule has 0 atom stereocenters. The highest BCUT2D eigenvalue weighted by atomic mass is 19.4. The third kappa shape index (κ3) is 10.6. The first-order valence-electron chi connectivity index (χ1n) is 15.4. The second kappa shape index (κ2) is 18.0. The fourth-order valence-electron chi connectivity index (χ4n) is 5.39. The number of piperazine rings is 1. The van der Waals surface area contributed by atoms with Crippen LogP contribution in [0.1, 0.15) is 63.0 Å². The van der Waals surface area contributed by atoms with Gasteiger partial charge in [0.25, 0.3) is 11.8 Å². The normalized spacial score (nSPS) is 16.2. The maximum Gasteiger partial charge on any atom is 0.417 e. The van der Waals surface area contributed by atoms with Crippen LogP contribution < -0.4 is 4.90 Å². The van der Waals surface area contributed by atoms with Gasteiger partial charge < -0.3 is 19.1 Å². The molecule has 0 aliphatic carbocycles. The molecule has 1 saturated heterocycles. The lowest BCUT2D eigenvalue weighted by molar-refractivity contribution is -0.139. The van der Waals surface area contributed by atoms with Gasteiger partial charge in [-0.3, -0.25) is 19.3 Å². The molecule has 1 aromatic carbocycles. The lowest BCUT2D eigenvalue weighted by Gasteiger charge is -2.34. The summed E-state index contributed by atoms with van der Waals surface area (Å²) in [6, 6.07) is 4.36. The number of carbonyl (C=O) groups excluding carboxylic acids is 3. The van der Waals surface area contributed by atoms with Crippen molar-refractivity contribution in [2.45, 2.75) is 58.0 Å². The van der Waals surface area contributed by atoms with E-state index in [9.17, 15) is 27.6 Å². The second-order valence-electron chi connectivity index (χ2n) is 11.1. The number of amides is 3. The van der Waals surface area contributed by atoms with Crippen LogP contribution in [0.2, 0.25) is 0 Å². The minimum atomic E-state index is -4.79. The first-order chi connectivity index (χ1) is 21.6. The van der Waals surface area contributed by atoms with E-state index < -0.39 is 29.1 Å². The number of alkyl halides is 3. The van der Waals surface area contributed by atoms with Crippen molar-refractivity contribution in [1.82, 2.24) is 9.80 Å². The summed E-state index contributed by atoms with van der Waals surface area (Å²) in [7, 11) is 1.61. The zero-order chi connectivity index (χ0) is 32.8. The summed E-state index contributed by atoms with van der Waals surface area (Å²) < 4.78 is 55.8. The Bertz CT molecular complexity index is 1240. The molecular formula is C32H43F3N4O6. The monoisotopic (exact) mass is 636 g/mol. The summed E-state index contributed by atoms with van der Waals surface area (Å²) in [4.78, 5) is 43.1. The van der Waals surface area contributed by atoms with Crippen LogP contribution in [0.5, 0.6) is 0 Å². The molecule has 2 aliphatic heterocycles. The molecule has 0 radical (unpaired) electrons. The van der Waals surface area contributed by atoms with Gasteiger partial charge in [-0.15, -0.1) is 0 Å². The number of hydrogen-bond acceptors (Lipinski definition) is 8. The quantitative estimate of drug-likeness (QED) is 0.173. The van der Waals surface area contributed by atoms with Crippen LogP contribution in [0.4, 0.5) is 18.9 Å². The highest BCUT2D eigenvalue weighted by Crippen LogP contribution is 2.37. The molecule has 0 aromatic heterocycles. The number of rotatable bonds is 18. The molecular weight excluding hydrogens is 593 g/mol. The smallest absolute Gasteiger partial charge is 0.382 e.